The Balaban J connectivity index is 3.05. The van der Waals surface area contributed by atoms with Crippen molar-refractivity contribution in [1.82, 2.24) is 0 Å². The maximum absolute atomic E-state index is 11.1. The van der Waals surface area contributed by atoms with Gasteiger partial charge in [-0.05, 0) is 18.2 Å². The SMILES string of the molecule is O=c1o[c]cc2c(Cl)cccc12. The predicted molar refractivity (Wildman–Crippen MR) is 46.3 cm³/mol. The Hall–Kier alpha value is -1.28. The molecule has 0 saturated heterocycles. The Morgan fingerprint density at radius 2 is 2.17 bits per heavy atom. The first-order valence-electron chi connectivity index (χ1n) is 3.37. The molecule has 2 rings (SSSR count). The van der Waals surface area contributed by atoms with Crippen molar-refractivity contribution >= 4 is 22.4 Å². The lowest BCUT2D eigenvalue weighted by atomic mass is 10.2. The van der Waals surface area contributed by atoms with Gasteiger partial charge in [-0.15, -0.1) is 0 Å². The van der Waals surface area contributed by atoms with Crippen LogP contribution in [0.4, 0.5) is 0 Å². The third-order valence-corrected chi connectivity index (χ3v) is 1.96. The van der Waals surface area contributed by atoms with Crippen LogP contribution in [0.5, 0.6) is 0 Å². The van der Waals surface area contributed by atoms with Gasteiger partial charge in [-0.3, -0.25) is 0 Å². The molecular weight excluding hydrogens is 176 g/mol. The zero-order valence-electron chi connectivity index (χ0n) is 6.00. The smallest absolute Gasteiger partial charge is 0.344 e. The van der Waals surface area contributed by atoms with Crippen molar-refractivity contribution in [2.24, 2.45) is 0 Å². The van der Waals surface area contributed by atoms with Crippen LogP contribution in [0.2, 0.25) is 5.02 Å². The number of hydrogen-bond acceptors (Lipinski definition) is 2. The van der Waals surface area contributed by atoms with Gasteiger partial charge >= 0.3 is 5.63 Å². The number of benzene rings is 1. The van der Waals surface area contributed by atoms with Crippen molar-refractivity contribution in [3.63, 3.8) is 0 Å². The van der Waals surface area contributed by atoms with E-state index in [2.05, 4.69) is 10.7 Å². The van der Waals surface area contributed by atoms with Gasteiger partial charge in [0.1, 0.15) is 0 Å². The molecule has 12 heavy (non-hydrogen) atoms. The van der Waals surface area contributed by atoms with E-state index >= 15 is 0 Å². The second kappa shape index (κ2) is 2.64. The van der Waals surface area contributed by atoms with Crippen LogP contribution in [-0.2, 0) is 0 Å². The highest BCUT2D eigenvalue weighted by Crippen LogP contribution is 2.19. The molecular formula is C9H4ClO2. The van der Waals surface area contributed by atoms with E-state index in [1.807, 2.05) is 0 Å². The third-order valence-electron chi connectivity index (χ3n) is 1.63. The fraction of sp³-hybridized carbons (Fsp3) is 0. The largest absolute Gasteiger partial charge is 0.419 e. The van der Waals surface area contributed by atoms with Crippen molar-refractivity contribution < 1.29 is 4.42 Å². The molecule has 0 spiro atoms. The van der Waals surface area contributed by atoms with Gasteiger partial charge in [0.25, 0.3) is 0 Å². The molecule has 0 aliphatic heterocycles. The maximum atomic E-state index is 11.1. The van der Waals surface area contributed by atoms with Gasteiger partial charge in [0.2, 0.25) is 0 Å². The molecule has 1 heterocycles. The van der Waals surface area contributed by atoms with E-state index in [-0.39, 0.29) is 0 Å². The Morgan fingerprint density at radius 1 is 1.33 bits per heavy atom. The van der Waals surface area contributed by atoms with Crippen molar-refractivity contribution in [2.75, 3.05) is 0 Å². The monoisotopic (exact) mass is 179 g/mol. The van der Waals surface area contributed by atoms with Gasteiger partial charge in [0, 0.05) is 10.4 Å². The summed E-state index contributed by atoms with van der Waals surface area (Å²) in [5, 5.41) is 1.70. The van der Waals surface area contributed by atoms with Crippen LogP contribution >= 0.6 is 11.6 Å². The quantitative estimate of drug-likeness (QED) is 0.621. The molecule has 2 aromatic rings. The minimum atomic E-state index is -0.407. The highest BCUT2D eigenvalue weighted by Gasteiger charge is 2.01. The van der Waals surface area contributed by atoms with E-state index < -0.39 is 5.63 Å². The van der Waals surface area contributed by atoms with Crippen molar-refractivity contribution in [3.8, 4) is 0 Å². The predicted octanol–water partition coefficient (Wildman–Crippen LogP) is 2.25. The molecule has 0 aliphatic rings. The molecule has 3 heteroatoms. The van der Waals surface area contributed by atoms with E-state index in [1.165, 1.54) is 0 Å². The van der Waals surface area contributed by atoms with Gasteiger partial charge in [0.15, 0.2) is 6.26 Å². The van der Waals surface area contributed by atoms with Crippen LogP contribution < -0.4 is 5.63 Å². The fourth-order valence-electron chi connectivity index (χ4n) is 1.06. The molecule has 0 N–H and O–H groups in total. The zero-order valence-corrected chi connectivity index (χ0v) is 6.76. The van der Waals surface area contributed by atoms with Crippen LogP contribution in [0.15, 0.2) is 33.5 Å². The molecule has 1 radical (unpaired) electrons. The van der Waals surface area contributed by atoms with Gasteiger partial charge in [-0.2, -0.15) is 0 Å². The average molecular weight is 180 g/mol. The molecule has 0 atom stereocenters. The van der Waals surface area contributed by atoms with E-state index in [4.69, 9.17) is 11.6 Å². The van der Waals surface area contributed by atoms with E-state index in [1.54, 1.807) is 24.3 Å². The Labute approximate surface area is 73.4 Å². The summed E-state index contributed by atoms with van der Waals surface area (Å²) in [5.41, 5.74) is -0.407. The van der Waals surface area contributed by atoms with Gasteiger partial charge in [-0.25, -0.2) is 4.79 Å². The lowest BCUT2D eigenvalue weighted by Crippen LogP contribution is -1.97. The molecule has 0 fully saturated rings. The van der Waals surface area contributed by atoms with Crippen molar-refractivity contribution in [2.45, 2.75) is 0 Å². The lowest BCUT2D eigenvalue weighted by Gasteiger charge is -1.95. The summed E-state index contributed by atoms with van der Waals surface area (Å²) in [5.74, 6) is 0. The summed E-state index contributed by atoms with van der Waals surface area (Å²) in [6, 6.07) is 6.65. The molecule has 1 aromatic carbocycles. The summed E-state index contributed by atoms with van der Waals surface area (Å²) in [6.45, 7) is 0. The summed E-state index contributed by atoms with van der Waals surface area (Å²) >= 11 is 5.83. The molecule has 1 aromatic heterocycles. The van der Waals surface area contributed by atoms with E-state index in [9.17, 15) is 4.79 Å². The molecule has 0 amide bonds. The summed E-state index contributed by atoms with van der Waals surface area (Å²) in [6.07, 6.45) is 2.37. The molecule has 0 saturated carbocycles. The number of halogens is 1. The minimum Gasteiger partial charge on any atom is -0.419 e. The Kier molecular flexibility index (Phi) is 1.62. The molecule has 0 bridgehead atoms. The van der Waals surface area contributed by atoms with Crippen LogP contribution in [-0.4, -0.2) is 0 Å². The van der Waals surface area contributed by atoms with Crippen molar-refractivity contribution in [1.29, 1.82) is 0 Å². The van der Waals surface area contributed by atoms with E-state index in [0.29, 0.717) is 15.8 Å². The van der Waals surface area contributed by atoms with Crippen LogP contribution in [0.1, 0.15) is 0 Å². The maximum Gasteiger partial charge on any atom is 0.344 e. The van der Waals surface area contributed by atoms with Crippen LogP contribution in [0, 0.1) is 6.26 Å². The second-order valence-electron chi connectivity index (χ2n) is 2.35. The lowest BCUT2D eigenvalue weighted by molar-refractivity contribution is 0.510. The number of hydrogen-bond donors (Lipinski definition) is 0. The number of rotatable bonds is 0. The zero-order chi connectivity index (χ0) is 8.55. The van der Waals surface area contributed by atoms with Crippen LogP contribution in [0.3, 0.4) is 0 Å². The molecule has 59 valence electrons. The highest BCUT2D eigenvalue weighted by atomic mass is 35.5. The Morgan fingerprint density at radius 3 is 2.92 bits per heavy atom. The third kappa shape index (κ3) is 1.01. The molecule has 0 aliphatic carbocycles. The minimum absolute atomic E-state index is 0.407. The molecule has 0 unspecified atom stereocenters. The standard InChI is InChI=1S/C9H4ClO2/c10-8-3-1-2-7-6(8)4-5-12-9(7)11/h1-4H. The fourth-order valence-corrected chi connectivity index (χ4v) is 1.29. The first-order chi connectivity index (χ1) is 5.79. The van der Waals surface area contributed by atoms with Crippen LogP contribution in [0.25, 0.3) is 10.8 Å². The van der Waals surface area contributed by atoms with Gasteiger partial charge < -0.3 is 4.42 Å². The molecule has 2 nitrogen and oxygen atoms in total. The second-order valence-corrected chi connectivity index (χ2v) is 2.76. The van der Waals surface area contributed by atoms with Gasteiger partial charge in [-0.1, -0.05) is 17.7 Å². The highest BCUT2D eigenvalue weighted by molar-refractivity contribution is 6.35. The first kappa shape index (κ1) is 7.37. The number of fused-ring (bicyclic) bond motifs is 1. The first-order valence-corrected chi connectivity index (χ1v) is 3.75. The normalized spacial score (nSPS) is 10.4. The van der Waals surface area contributed by atoms with Gasteiger partial charge in [0.05, 0.1) is 5.39 Å². The summed E-state index contributed by atoms with van der Waals surface area (Å²) in [7, 11) is 0. The topological polar surface area (TPSA) is 30.2 Å². The average Bonchev–Trinajstić information content (AvgIpc) is 2.07. The summed E-state index contributed by atoms with van der Waals surface area (Å²) < 4.78 is 4.56. The Bertz CT molecular complexity index is 473. The summed E-state index contributed by atoms with van der Waals surface area (Å²) in [4.78, 5) is 11.1. The van der Waals surface area contributed by atoms with Crippen molar-refractivity contribution in [3.05, 3.63) is 46.0 Å². The van der Waals surface area contributed by atoms with E-state index in [0.717, 1.165) is 0 Å².